The van der Waals surface area contributed by atoms with Gasteiger partial charge in [-0.15, -0.1) is 0 Å². The van der Waals surface area contributed by atoms with E-state index in [0.717, 1.165) is 37.9 Å². The predicted octanol–water partition coefficient (Wildman–Crippen LogP) is 0.574. The lowest BCUT2D eigenvalue weighted by Crippen LogP contribution is -2.40. The van der Waals surface area contributed by atoms with Crippen LogP contribution in [0.15, 0.2) is 0 Å². The van der Waals surface area contributed by atoms with E-state index in [2.05, 4.69) is 12.2 Å². The molecule has 1 heterocycles. The van der Waals surface area contributed by atoms with Gasteiger partial charge in [-0.1, -0.05) is 6.92 Å². The molecule has 0 aromatic heterocycles. The minimum atomic E-state index is -3.08. The molecule has 0 aromatic rings. The first-order valence-electron chi connectivity index (χ1n) is 8.01. The Bertz CT molecular complexity index is 524. The van der Waals surface area contributed by atoms with E-state index in [0.29, 0.717) is 6.54 Å². The highest BCUT2D eigenvalue weighted by molar-refractivity contribution is 7.90. The molecular weight excluding hydrogens is 304 g/mol. The van der Waals surface area contributed by atoms with Crippen LogP contribution >= 0.6 is 0 Å². The summed E-state index contributed by atoms with van der Waals surface area (Å²) in [5.74, 6) is 0.172. The van der Waals surface area contributed by atoms with Crippen molar-refractivity contribution in [2.24, 2.45) is 11.8 Å². The van der Waals surface area contributed by atoms with Crippen LogP contribution < -0.4 is 5.32 Å². The number of amides is 2. The summed E-state index contributed by atoms with van der Waals surface area (Å²) in [6.45, 7) is 2.83. The molecule has 2 fully saturated rings. The zero-order valence-electron chi connectivity index (χ0n) is 13.4. The largest absolute Gasteiger partial charge is 0.355 e. The quantitative estimate of drug-likeness (QED) is 0.799. The van der Waals surface area contributed by atoms with Crippen molar-refractivity contribution in [1.82, 2.24) is 10.2 Å². The van der Waals surface area contributed by atoms with Gasteiger partial charge in [-0.05, 0) is 31.6 Å². The van der Waals surface area contributed by atoms with Gasteiger partial charge in [0.15, 0.2) is 0 Å². The van der Waals surface area contributed by atoms with Gasteiger partial charge in [0.2, 0.25) is 11.8 Å². The van der Waals surface area contributed by atoms with Crippen LogP contribution in [0.5, 0.6) is 0 Å². The highest BCUT2D eigenvalue weighted by Crippen LogP contribution is 2.31. The molecule has 0 radical (unpaired) electrons. The Labute approximate surface area is 132 Å². The van der Waals surface area contributed by atoms with Crippen LogP contribution in [-0.2, 0) is 19.4 Å². The van der Waals surface area contributed by atoms with Crippen LogP contribution in [0.4, 0.5) is 0 Å². The van der Waals surface area contributed by atoms with Gasteiger partial charge in [0.1, 0.15) is 9.84 Å². The number of hydrogen-bond acceptors (Lipinski definition) is 4. The van der Waals surface area contributed by atoms with Crippen molar-refractivity contribution in [3.63, 3.8) is 0 Å². The first-order chi connectivity index (χ1) is 10.3. The fourth-order valence-corrected chi connectivity index (χ4v) is 3.79. The van der Waals surface area contributed by atoms with E-state index in [1.807, 2.05) is 4.90 Å². The Morgan fingerprint density at radius 3 is 2.50 bits per heavy atom. The fraction of sp³-hybridized carbons (Fsp3) is 0.867. The molecule has 22 heavy (non-hydrogen) atoms. The zero-order valence-corrected chi connectivity index (χ0v) is 14.2. The SMILES string of the molecule is CC1CCC(N2CC(C(=O)NCCS(C)(=O)=O)CC2=O)CC1. The molecule has 1 aliphatic carbocycles. The number of carbonyl (C=O) groups excluding carboxylic acids is 2. The summed E-state index contributed by atoms with van der Waals surface area (Å²) in [6, 6.07) is 0.275. The van der Waals surface area contributed by atoms with Crippen LogP contribution in [0.1, 0.15) is 39.0 Å². The van der Waals surface area contributed by atoms with Gasteiger partial charge in [0.05, 0.1) is 11.7 Å². The monoisotopic (exact) mass is 330 g/mol. The maximum atomic E-state index is 12.2. The number of nitrogens with one attached hydrogen (secondary N) is 1. The van der Waals surface area contributed by atoms with Crippen molar-refractivity contribution >= 4 is 21.7 Å². The summed E-state index contributed by atoms with van der Waals surface area (Å²) in [5, 5.41) is 2.64. The molecule has 0 aromatic carbocycles. The second-order valence-electron chi connectivity index (χ2n) is 6.78. The molecule has 1 saturated heterocycles. The third-order valence-electron chi connectivity index (χ3n) is 4.73. The summed E-state index contributed by atoms with van der Waals surface area (Å²) in [7, 11) is -3.08. The van der Waals surface area contributed by atoms with Crippen molar-refractivity contribution in [3.05, 3.63) is 0 Å². The van der Waals surface area contributed by atoms with Crippen molar-refractivity contribution in [2.75, 3.05) is 25.1 Å². The lowest BCUT2D eigenvalue weighted by atomic mass is 9.87. The average Bonchev–Trinajstić information content (AvgIpc) is 2.80. The summed E-state index contributed by atoms with van der Waals surface area (Å²) in [4.78, 5) is 26.1. The second kappa shape index (κ2) is 6.98. The third-order valence-corrected chi connectivity index (χ3v) is 5.67. The normalized spacial score (nSPS) is 29.6. The van der Waals surface area contributed by atoms with E-state index >= 15 is 0 Å². The van der Waals surface area contributed by atoms with Crippen LogP contribution in [0, 0.1) is 11.8 Å². The Kier molecular flexibility index (Phi) is 5.47. The number of nitrogens with zero attached hydrogens (tertiary/aromatic N) is 1. The number of likely N-dealkylation sites (tertiary alicyclic amines) is 1. The number of sulfone groups is 1. The molecule has 2 amide bonds. The molecule has 0 bridgehead atoms. The number of rotatable bonds is 5. The molecule has 0 spiro atoms. The molecule has 6 nitrogen and oxygen atoms in total. The molecule has 1 N–H and O–H groups in total. The second-order valence-corrected chi connectivity index (χ2v) is 9.04. The summed E-state index contributed by atoms with van der Waals surface area (Å²) in [6.07, 6.45) is 5.71. The first kappa shape index (κ1) is 17.2. The standard InChI is InChI=1S/C15H26N2O4S/c1-11-3-5-13(6-4-11)17-10-12(9-14(17)18)15(19)16-7-8-22(2,20)21/h11-13H,3-10H2,1-2H3,(H,16,19). The Hall–Kier alpha value is -1.11. The summed E-state index contributed by atoms with van der Waals surface area (Å²) < 4.78 is 22.1. The van der Waals surface area contributed by atoms with Crippen LogP contribution in [-0.4, -0.2) is 56.3 Å². The molecule has 1 saturated carbocycles. The van der Waals surface area contributed by atoms with Crippen molar-refractivity contribution in [3.8, 4) is 0 Å². The van der Waals surface area contributed by atoms with Crippen LogP contribution in [0.2, 0.25) is 0 Å². The zero-order chi connectivity index (χ0) is 16.3. The molecular formula is C15H26N2O4S. The maximum Gasteiger partial charge on any atom is 0.225 e. The lowest BCUT2D eigenvalue weighted by molar-refractivity contribution is -0.130. The van der Waals surface area contributed by atoms with E-state index in [9.17, 15) is 18.0 Å². The van der Waals surface area contributed by atoms with E-state index in [1.165, 1.54) is 0 Å². The van der Waals surface area contributed by atoms with Gasteiger partial charge in [0, 0.05) is 31.8 Å². The van der Waals surface area contributed by atoms with E-state index in [4.69, 9.17) is 0 Å². The highest BCUT2D eigenvalue weighted by atomic mass is 32.2. The average molecular weight is 330 g/mol. The fourth-order valence-electron chi connectivity index (χ4n) is 3.32. The smallest absolute Gasteiger partial charge is 0.225 e. The molecule has 2 rings (SSSR count). The maximum absolute atomic E-state index is 12.2. The van der Waals surface area contributed by atoms with Crippen molar-refractivity contribution in [1.29, 1.82) is 0 Å². The number of hydrogen-bond donors (Lipinski definition) is 1. The summed E-state index contributed by atoms with van der Waals surface area (Å²) >= 11 is 0. The van der Waals surface area contributed by atoms with Gasteiger partial charge in [0.25, 0.3) is 0 Å². The minimum absolute atomic E-state index is 0.0582. The Balaban J connectivity index is 1.82. The Morgan fingerprint density at radius 2 is 1.91 bits per heavy atom. The van der Waals surface area contributed by atoms with E-state index < -0.39 is 9.84 Å². The Morgan fingerprint density at radius 1 is 1.27 bits per heavy atom. The third kappa shape index (κ3) is 4.69. The van der Waals surface area contributed by atoms with Gasteiger partial charge in [-0.3, -0.25) is 9.59 Å². The van der Waals surface area contributed by atoms with Gasteiger partial charge in [-0.25, -0.2) is 8.42 Å². The highest BCUT2D eigenvalue weighted by Gasteiger charge is 2.38. The topological polar surface area (TPSA) is 83.6 Å². The van der Waals surface area contributed by atoms with Gasteiger partial charge in [-0.2, -0.15) is 0 Å². The molecule has 7 heteroatoms. The minimum Gasteiger partial charge on any atom is -0.355 e. The van der Waals surface area contributed by atoms with Crippen LogP contribution in [0.3, 0.4) is 0 Å². The molecule has 1 unspecified atom stereocenters. The molecule has 126 valence electrons. The first-order valence-corrected chi connectivity index (χ1v) is 10.1. The molecule has 1 aliphatic heterocycles. The van der Waals surface area contributed by atoms with E-state index in [1.54, 1.807) is 0 Å². The van der Waals surface area contributed by atoms with Crippen molar-refractivity contribution < 1.29 is 18.0 Å². The molecule has 2 aliphatic rings. The molecule has 1 atom stereocenters. The van der Waals surface area contributed by atoms with Gasteiger partial charge >= 0.3 is 0 Å². The summed E-state index contributed by atoms with van der Waals surface area (Å²) in [5.41, 5.74) is 0. The van der Waals surface area contributed by atoms with Gasteiger partial charge < -0.3 is 10.2 Å². The van der Waals surface area contributed by atoms with Crippen molar-refractivity contribution in [2.45, 2.75) is 45.1 Å². The predicted molar refractivity (Wildman–Crippen MR) is 84.0 cm³/mol. The number of carbonyl (C=O) groups is 2. The lowest BCUT2D eigenvalue weighted by Gasteiger charge is -2.33. The van der Waals surface area contributed by atoms with E-state index in [-0.39, 0.29) is 42.5 Å². The van der Waals surface area contributed by atoms with Crippen LogP contribution in [0.25, 0.3) is 0 Å².